The van der Waals surface area contributed by atoms with Crippen LogP contribution in [0.2, 0.25) is 0 Å². The van der Waals surface area contributed by atoms with Crippen molar-refractivity contribution < 1.29 is 4.74 Å². The van der Waals surface area contributed by atoms with E-state index in [2.05, 4.69) is 23.0 Å². The number of nitrogens with zero attached hydrogens (tertiary/aromatic N) is 2. The van der Waals surface area contributed by atoms with E-state index in [1.165, 1.54) is 37.7 Å². The standard InChI is InChI=1S/C16H26N2O/c1-18(12-9-16-8-2-3-13-19-16)11-5-7-15-6-4-10-17-14-15/h4,6,10,14,16H,2-3,5,7-9,11-13H2,1H3/t16-/m1/s1. The highest BCUT2D eigenvalue weighted by Gasteiger charge is 2.13. The highest BCUT2D eigenvalue weighted by molar-refractivity contribution is 5.08. The summed E-state index contributed by atoms with van der Waals surface area (Å²) in [6.45, 7) is 3.27. The zero-order chi connectivity index (χ0) is 13.3. The maximum Gasteiger partial charge on any atom is 0.0587 e. The molecule has 3 heteroatoms. The summed E-state index contributed by atoms with van der Waals surface area (Å²) in [5, 5.41) is 0. The van der Waals surface area contributed by atoms with Gasteiger partial charge in [-0.3, -0.25) is 4.98 Å². The number of hydrogen-bond donors (Lipinski definition) is 0. The fourth-order valence-corrected chi connectivity index (χ4v) is 2.61. The summed E-state index contributed by atoms with van der Waals surface area (Å²) in [5.41, 5.74) is 1.34. The first-order valence-corrected chi connectivity index (χ1v) is 7.53. The Balaban J connectivity index is 1.55. The molecule has 0 N–H and O–H groups in total. The van der Waals surface area contributed by atoms with Crippen molar-refractivity contribution in [1.82, 2.24) is 9.88 Å². The Kier molecular flexibility index (Phi) is 6.31. The van der Waals surface area contributed by atoms with E-state index in [-0.39, 0.29) is 0 Å². The zero-order valence-corrected chi connectivity index (χ0v) is 12.1. The van der Waals surface area contributed by atoms with E-state index < -0.39 is 0 Å². The zero-order valence-electron chi connectivity index (χ0n) is 12.1. The quantitative estimate of drug-likeness (QED) is 0.755. The lowest BCUT2D eigenvalue weighted by Gasteiger charge is -2.25. The molecule has 0 amide bonds. The van der Waals surface area contributed by atoms with Crippen LogP contribution in [0.15, 0.2) is 24.5 Å². The lowest BCUT2D eigenvalue weighted by atomic mass is 10.1. The highest BCUT2D eigenvalue weighted by atomic mass is 16.5. The Morgan fingerprint density at radius 3 is 3.05 bits per heavy atom. The molecule has 1 aliphatic rings. The molecule has 1 aromatic heterocycles. The molecule has 0 spiro atoms. The molecule has 0 radical (unpaired) electrons. The molecule has 0 aliphatic carbocycles. The average Bonchev–Trinajstić information content (AvgIpc) is 2.47. The van der Waals surface area contributed by atoms with E-state index in [1.807, 2.05) is 18.5 Å². The van der Waals surface area contributed by atoms with E-state index in [0.717, 1.165) is 26.1 Å². The molecular weight excluding hydrogens is 236 g/mol. The van der Waals surface area contributed by atoms with Gasteiger partial charge in [-0.1, -0.05) is 6.07 Å². The third kappa shape index (κ3) is 5.70. The van der Waals surface area contributed by atoms with Crippen molar-refractivity contribution >= 4 is 0 Å². The van der Waals surface area contributed by atoms with Gasteiger partial charge < -0.3 is 9.64 Å². The molecule has 2 heterocycles. The minimum atomic E-state index is 0.509. The summed E-state index contributed by atoms with van der Waals surface area (Å²) < 4.78 is 5.77. The van der Waals surface area contributed by atoms with Crippen LogP contribution in [0.4, 0.5) is 0 Å². The first kappa shape index (κ1) is 14.5. The predicted octanol–water partition coefficient (Wildman–Crippen LogP) is 2.91. The van der Waals surface area contributed by atoms with Gasteiger partial charge in [0.2, 0.25) is 0 Å². The Bertz CT molecular complexity index is 336. The number of pyridine rings is 1. The predicted molar refractivity (Wildman–Crippen MR) is 78.3 cm³/mol. The number of aryl methyl sites for hydroxylation is 1. The van der Waals surface area contributed by atoms with Crippen molar-refractivity contribution in [2.75, 3.05) is 26.7 Å². The fourth-order valence-electron chi connectivity index (χ4n) is 2.61. The smallest absolute Gasteiger partial charge is 0.0587 e. The molecule has 106 valence electrons. The van der Waals surface area contributed by atoms with Crippen LogP contribution < -0.4 is 0 Å². The number of aromatic nitrogens is 1. The minimum Gasteiger partial charge on any atom is -0.378 e. The molecule has 1 fully saturated rings. The van der Waals surface area contributed by atoms with Crippen LogP contribution in [-0.4, -0.2) is 42.7 Å². The largest absolute Gasteiger partial charge is 0.378 e. The molecule has 0 unspecified atom stereocenters. The van der Waals surface area contributed by atoms with Crippen LogP contribution in [0.25, 0.3) is 0 Å². The van der Waals surface area contributed by atoms with Crippen LogP contribution in [0.1, 0.15) is 37.7 Å². The van der Waals surface area contributed by atoms with Crippen LogP contribution in [0.3, 0.4) is 0 Å². The monoisotopic (exact) mass is 262 g/mol. The van der Waals surface area contributed by atoms with E-state index in [4.69, 9.17) is 4.74 Å². The highest BCUT2D eigenvalue weighted by Crippen LogP contribution is 2.15. The van der Waals surface area contributed by atoms with Crippen molar-refractivity contribution in [1.29, 1.82) is 0 Å². The van der Waals surface area contributed by atoms with Crippen LogP contribution in [-0.2, 0) is 11.2 Å². The maximum atomic E-state index is 5.77. The van der Waals surface area contributed by atoms with Gasteiger partial charge in [0.15, 0.2) is 0 Å². The van der Waals surface area contributed by atoms with E-state index in [1.54, 1.807) is 0 Å². The van der Waals surface area contributed by atoms with Crippen molar-refractivity contribution in [3.05, 3.63) is 30.1 Å². The minimum absolute atomic E-state index is 0.509. The molecule has 0 aromatic carbocycles. The van der Waals surface area contributed by atoms with Gasteiger partial charge in [-0.15, -0.1) is 0 Å². The summed E-state index contributed by atoms with van der Waals surface area (Å²) in [6.07, 6.45) is 11.7. The van der Waals surface area contributed by atoms with Crippen molar-refractivity contribution in [3.63, 3.8) is 0 Å². The number of hydrogen-bond acceptors (Lipinski definition) is 3. The summed E-state index contributed by atoms with van der Waals surface area (Å²) in [7, 11) is 2.21. The lowest BCUT2D eigenvalue weighted by molar-refractivity contribution is 0.00672. The summed E-state index contributed by atoms with van der Waals surface area (Å²) in [4.78, 5) is 6.57. The second-order valence-electron chi connectivity index (χ2n) is 5.55. The number of rotatable bonds is 7. The second kappa shape index (κ2) is 8.28. The SMILES string of the molecule is CN(CCCc1cccnc1)CC[C@H]1CCCCO1. The topological polar surface area (TPSA) is 25.4 Å². The summed E-state index contributed by atoms with van der Waals surface area (Å²) in [5.74, 6) is 0. The normalized spacial score (nSPS) is 19.8. The Labute approximate surface area is 117 Å². The van der Waals surface area contributed by atoms with Crippen molar-refractivity contribution in [2.24, 2.45) is 0 Å². The van der Waals surface area contributed by atoms with Gasteiger partial charge in [0.25, 0.3) is 0 Å². The van der Waals surface area contributed by atoms with Crippen molar-refractivity contribution in [3.8, 4) is 0 Å². The summed E-state index contributed by atoms with van der Waals surface area (Å²) in [6, 6.07) is 4.17. The van der Waals surface area contributed by atoms with Crippen molar-refractivity contribution in [2.45, 2.75) is 44.6 Å². The van der Waals surface area contributed by atoms with Gasteiger partial charge in [-0.05, 0) is 63.7 Å². The third-order valence-electron chi connectivity index (χ3n) is 3.83. The third-order valence-corrected chi connectivity index (χ3v) is 3.83. The molecule has 0 bridgehead atoms. The molecule has 1 atom stereocenters. The Hall–Kier alpha value is -0.930. The van der Waals surface area contributed by atoms with E-state index >= 15 is 0 Å². The molecule has 2 rings (SSSR count). The Morgan fingerprint density at radius 2 is 2.32 bits per heavy atom. The van der Waals surface area contributed by atoms with Crippen LogP contribution >= 0.6 is 0 Å². The van der Waals surface area contributed by atoms with Gasteiger partial charge in [0.1, 0.15) is 0 Å². The first-order valence-electron chi connectivity index (χ1n) is 7.53. The first-order chi connectivity index (χ1) is 9.34. The molecule has 1 aliphatic heterocycles. The lowest BCUT2D eigenvalue weighted by Crippen LogP contribution is -2.27. The average molecular weight is 262 g/mol. The van der Waals surface area contributed by atoms with Gasteiger partial charge in [-0.2, -0.15) is 0 Å². The van der Waals surface area contributed by atoms with Gasteiger partial charge in [-0.25, -0.2) is 0 Å². The molecule has 1 saturated heterocycles. The maximum absolute atomic E-state index is 5.77. The Morgan fingerprint density at radius 1 is 1.37 bits per heavy atom. The van der Waals surface area contributed by atoms with Gasteiger partial charge >= 0.3 is 0 Å². The van der Waals surface area contributed by atoms with Crippen LogP contribution in [0.5, 0.6) is 0 Å². The van der Waals surface area contributed by atoms with Gasteiger partial charge in [0, 0.05) is 25.5 Å². The molecular formula is C16H26N2O. The molecule has 19 heavy (non-hydrogen) atoms. The van der Waals surface area contributed by atoms with Crippen LogP contribution in [0, 0.1) is 0 Å². The molecule has 3 nitrogen and oxygen atoms in total. The van der Waals surface area contributed by atoms with E-state index in [0.29, 0.717) is 6.10 Å². The van der Waals surface area contributed by atoms with E-state index in [9.17, 15) is 0 Å². The van der Waals surface area contributed by atoms with Gasteiger partial charge in [0.05, 0.1) is 6.10 Å². The molecule has 0 saturated carbocycles. The summed E-state index contributed by atoms with van der Waals surface area (Å²) >= 11 is 0. The molecule has 1 aromatic rings. The number of ether oxygens (including phenoxy) is 1. The fraction of sp³-hybridized carbons (Fsp3) is 0.688. The second-order valence-corrected chi connectivity index (χ2v) is 5.55.